The van der Waals surface area contributed by atoms with Crippen molar-refractivity contribution in [3.63, 3.8) is 0 Å². The second-order valence-corrected chi connectivity index (χ2v) is 12.5. The maximum Gasteiger partial charge on any atom is 0.135 e. The van der Waals surface area contributed by atoms with Gasteiger partial charge < -0.3 is 9.32 Å². The molecule has 0 saturated carbocycles. The van der Waals surface area contributed by atoms with Crippen molar-refractivity contribution >= 4 is 39.0 Å². The van der Waals surface area contributed by atoms with Crippen molar-refractivity contribution in [3.05, 3.63) is 200 Å². The van der Waals surface area contributed by atoms with Gasteiger partial charge in [-0.15, -0.1) is 0 Å². The van der Waals surface area contributed by atoms with E-state index in [1.54, 1.807) is 0 Å². The average molecular weight is 640 g/mol. The summed E-state index contributed by atoms with van der Waals surface area (Å²) in [5.41, 5.74) is 14.5. The predicted molar refractivity (Wildman–Crippen MR) is 210 cm³/mol. The Bertz CT molecular complexity index is 2570. The van der Waals surface area contributed by atoms with Crippen molar-refractivity contribution in [3.8, 4) is 44.5 Å². The van der Waals surface area contributed by atoms with E-state index in [0.717, 1.165) is 50.1 Å². The molecule has 1 aromatic heterocycles. The van der Waals surface area contributed by atoms with E-state index in [1.165, 1.54) is 33.4 Å². The minimum Gasteiger partial charge on any atom is -0.456 e. The molecule has 8 aromatic carbocycles. The van der Waals surface area contributed by atoms with Crippen LogP contribution in [0.3, 0.4) is 0 Å². The fourth-order valence-corrected chi connectivity index (χ4v) is 7.07. The van der Waals surface area contributed by atoms with Gasteiger partial charge in [-0.3, -0.25) is 0 Å². The molecule has 0 aliphatic rings. The summed E-state index contributed by atoms with van der Waals surface area (Å²) in [6.45, 7) is 0. The van der Waals surface area contributed by atoms with Gasteiger partial charge in [0.05, 0.1) is 5.69 Å². The highest BCUT2D eigenvalue weighted by Crippen LogP contribution is 2.45. The van der Waals surface area contributed by atoms with Crippen molar-refractivity contribution in [2.45, 2.75) is 0 Å². The third kappa shape index (κ3) is 5.43. The lowest BCUT2D eigenvalue weighted by Crippen LogP contribution is -2.11. The van der Waals surface area contributed by atoms with Crippen molar-refractivity contribution in [2.24, 2.45) is 0 Å². The lowest BCUT2D eigenvalue weighted by Gasteiger charge is -2.29. The quantitative estimate of drug-likeness (QED) is 0.173. The number of nitrogens with zero attached hydrogens (tertiary/aromatic N) is 1. The van der Waals surface area contributed by atoms with Gasteiger partial charge in [-0.25, -0.2) is 0 Å². The van der Waals surface area contributed by atoms with E-state index in [4.69, 9.17) is 4.42 Å². The molecule has 9 aromatic rings. The Morgan fingerprint density at radius 1 is 0.300 bits per heavy atom. The van der Waals surface area contributed by atoms with Gasteiger partial charge in [-0.05, 0) is 87.5 Å². The van der Waals surface area contributed by atoms with Crippen LogP contribution in [-0.2, 0) is 0 Å². The summed E-state index contributed by atoms with van der Waals surface area (Å²) in [5, 5.41) is 2.21. The fraction of sp³-hybridized carbons (Fsp3) is 0. The van der Waals surface area contributed by atoms with E-state index in [9.17, 15) is 0 Å². The lowest BCUT2D eigenvalue weighted by atomic mass is 9.91. The summed E-state index contributed by atoms with van der Waals surface area (Å²) in [5.74, 6) is 0. The number of hydrogen-bond donors (Lipinski definition) is 0. The third-order valence-corrected chi connectivity index (χ3v) is 9.50. The van der Waals surface area contributed by atoms with Gasteiger partial charge in [-0.2, -0.15) is 0 Å². The molecular formula is C48H33NO. The lowest BCUT2D eigenvalue weighted by molar-refractivity contribution is 0.669. The van der Waals surface area contributed by atoms with Gasteiger partial charge in [0.1, 0.15) is 11.2 Å². The SMILES string of the molecule is c1ccc(-c2ccc(N(c3ccc4oc5ccccc5c4c3)c3ccc(-c4ccccc4-c4ccccc4)cc3-c3ccccc3)cc2)cc1. The Hall–Kier alpha value is -6.64. The molecular weight excluding hydrogens is 607 g/mol. The predicted octanol–water partition coefficient (Wildman–Crippen LogP) is 13.7. The topological polar surface area (TPSA) is 16.4 Å². The van der Waals surface area contributed by atoms with Gasteiger partial charge in [0.2, 0.25) is 0 Å². The average Bonchev–Trinajstić information content (AvgIpc) is 3.57. The summed E-state index contributed by atoms with van der Waals surface area (Å²) < 4.78 is 6.25. The Morgan fingerprint density at radius 3 is 1.50 bits per heavy atom. The molecule has 0 bridgehead atoms. The molecule has 0 amide bonds. The summed E-state index contributed by atoms with van der Waals surface area (Å²) >= 11 is 0. The first kappa shape index (κ1) is 29.5. The number of para-hydroxylation sites is 1. The molecule has 2 heteroatoms. The molecule has 0 N–H and O–H groups in total. The zero-order chi connectivity index (χ0) is 33.3. The van der Waals surface area contributed by atoms with Crippen LogP contribution in [0, 0.1) is 0 Å². The second-order valence-electron chi connectivity index (χ2n) is 12.5. The summed E-state index contributed by atoms with van der Waals surface area (Å²) in [7, 11) is 0. The minimum atomic E-state index is 0.880. The molecule has 1 heterocycles. The maximum absolute atomic E-state index is 6.25. The molecule has 236 valence electrons. The molecule has 50 heavy (non-hydrogen) atoms. The smallest absolute Gasteiger partial charge is 0.135 e. The number of furan rings is 1. The normalized spacial score (nSPS) is 11.2. The number of hydrogen-bond acceptors (Lipinski definition) is 2. The molecule has 2 nitrogen and oxygen atoms in total. The summed E-state index contributed by atoms with van der Waals surface area (Å²) in [6, 6.07) is 71.2. The molecule has 0 spiro atoms. The van der Waals surface area contributed by atoms with E-state index in [1.807, 2.05) is 12.1 Å². The zero-order valence-corrected chi connectivity index (χ0v) is 27.4. The number of benzene rings is 8. The zero-order valence-electron chi connectivity index (χ0n) is 27.4. The van der Waals surface area contributed by atoms with Crippen molar-refractivity contribution in [2.75, 3.05) is 4.90 Å². The van der Waals surface area contributed by atoms with Crippen molar-refractivity contribution in [1.29, 1.82) is 0 Å². The number of fused-ring (bicyclic) bond motifs is 3. The maximum atomic E-state index is 6.25. The van der Waals surface area contributed by atoms with E-state index in [2.05, 4.69) is 193 Å². The van der Waals surface area contributed by atoms with Gasteiger partial charge in [0.25, 0.3) is 0 Å². The molecule has 0 aliphatic heterocycles. The highest BCUT2D eigenvalue weighted by molar-refractivity contribution is 6.07. The van der Waals surface area contributed by atoms with E-state index in [0.29, 0.717) is 0 Å². The molecule has 0 atom stereocenters. The van der Waals surface area contributed by atoms with Gasteiger partial charge in [0.15, 0.2) is 0 Å². The third-order valence-electron chi connectivity index (χ3n) is 9.50. The van der Waals surface area contributed by atoms with Crippen molar-refractivity contribution < 1.29 is 4.42 Å². The van der Waals surface area contributed by atoms with E-state index < -0.39 is 0 Å². The van der Waals surface area contributed by atoms with Crippen LogP contribution in [0.1, 0.15) is 0 Å². The highest BCUT2D eigenvalue weighted by atomic mass is 16.3. The molecule has 0 fully saturated rings. The van der Waals surface area contributed by atoms with Crippen LogP contribution in [0.2, 0.25) is 0 Å². The first-order valence-corrected chi connectivity index (χ1v) is 17.0. The largest absolute Gasteiger partial charge is 0.456 e. The number of rotatable bonds is 7. The summed E-state index contributed by atoms with van der Waals surface area (Å²) in [4.78, 5) is 2.38. The first-order chi connectivity index (χ1) is 24.8. The van der Waals surface area contributed by atoms with Gasteiger partial charge >= 0.3 is 0 Å². The molecule has 0 aliphatic carbocycles. The van der Waals surface area contributed by atoms with Crippen LogP contribution < -0.4 is 4.90 Å². The first-order valence-electron chi connectivity index (χ1n) is 17.0. The van der Waals surface area contributed by atoms with Crippen LogP contribution in [-0.4, -0.2) is 0 Å². The Kier molecular flexibility index (Phi) is 7.53. The monoisotopic (exact) mass is 639 g/mol. The molecule has 0 unspecified atom stereocenters. The fourth-order valence-electron chi connectivity index (χ4n) is 7.07. The van der Waals surface area contributed by atoms with Crippen LogP contribution in [0.15, 0.2) is 205 Å². The molecule has 0 radical (unpaired) electrons. The van der Waals surface area contributed by atoms with Crippen molar-refractivity contribution in [1.82, 2.24) is 0 Å². The minimum absolute atomic E-state index is 0.880. The van der Waals surface area contributed by atoms with Gasteiger partial charge in [-0.1, -0.05) is 152 Å². The Morgan fingerprint density at radius 2 is 0.800 bits per heavy atom. The van der Waals surface area contributed by atoms with Crippen LogP contribution in [0.5, 0.6) is 0 Å². The Labute approximate surface area is 292 Å². The van der Waals surface area contributed by atoms with E-state index in [-0.39, 0.29) is 0 Å². The summed E-state index contributed by atoms with van der Waals surface area (Å²) in [6.07, 6.45) is 0. The Balaban J connectivity index is 1.26. The second kappa shape index (κ2) is 12.8. The number of anilines is 3. The van der Waals surface area contributed by atoms with Crippen LogP contribution in [0.4, 0.5) is 17.1 Å². The molecule has 9 rings (SSSR count). The van der Waals surface area contributed by atoms with Crippen LogP contribution in [0.25, 0.3) is 66.4 Å². The van der Waals surface area contributed by atoms with Gasteiger partial charge in [0, 0.05) is 27.7 Å². The highest BCUT2D eigenvalue weighted by Gasteiger charge is 2.20. The van der Waals surface area contributed by atoms with Crippen LogP contribution >= 0.6 is 0 Å². The standard InChI is InChI=1S/C48H33NO/c1-4-14-34(15-5-1)35-24-27-39(28-25-35)49(40-29-31-48-45(33-40)43-22-12-13-23-47(43)50-48)46-30-26-38(32-44(46)37-18-8-3-9-19-37)42-21-11-10-20-41(42)36-16-6-2-7-17-36/h1-33H. The van der Waals surface area contributed by atoms with E-state index >= 15 is 0 Å². The molecule has 0 saturated heterocycles.